The van der Waals surface area contributed by atoms with Crippen LogP contribution in [0.25, 0.3) is 11.5 Å². The van der Waals surface area contributed by atoms with Crippen molar-refractivity contribution in [1.82, 2.24) is 9.88 Å². The first kappa shape index (κ1) is 16.1. The van der Waals surface area contributed by atoms with Crippen molar-refractivity contribution in [3.05, 3.63) is 42.3 Å². The fourth-order valence-corrected chi connectivity index (χ4v) is 3.47. The summed E-state index contributed by atoms with van der Waals surface area (Å²) in [4.78, 5) is 18.5. The van der Waals surface area contributed by atoms with Gasteiger partial charge < -0.3 is 15.1 Å². The van der Waals surface area contributed by atoms with Crippen LogP contribution in [-0.4, -0.2) is 41.2 Å². The van der Waals surface area contributed by atoms with E-state index in [-0.39, 0.29) is 5.91 Å². The minimum atomic E-state index is 0.192. The van der Waals surface area contributed by atoms with Crippen LogP contribution in [0.4, 0.5) is 0 Å². The van der Waals surface area contributed by atoms with E-state index in [0.29, 0.717) is 29.9 Å². The molecule has 1 unspecified atom stereocenters. The van der Waals surface area contributed by atoms with Crippen molar-refractivity contribution in [1.29, 1.82) is 0 Å². The highest BCUT2D eigenvalue weighted by molar-refractivity contribution is 7.99. The number of rotatable bonds is 6. The second kappa shape index (κ2) is 7.66. The molecule has 3 rings (SSSR count). The lowest BCUT2D eigenvalue weighted by atomic mass is 10.1. The second-order valence-corrected chi connectivity index (χ2v) is 6.72. The van der Waals surface area contributed by atoms with E-state index in [9.17, 15) is 4.79 Å². The SMILES string of the molecule is NCC1CCN(C(=O)CSCc2coc(-c3ccccc3)n2)C1. The van der Waals surface area contributed by atoms with Crippen molar-refractivity contribution in [3.8, 4) is 11.5 Å². The molecule has 2 N–H and O–H groups in total. The zero-order valence-corrected chi connectivity index (χ0v) is 13.8. The van der Waals surface area contributed by atoms with Crippen molar-refractivity contribution < 1.29 is 9.21 Å². The molecule has 1 aromatic heterocycles. The van der Waals surface area contributed by atoms with Gasteiger partial charge in [-0.15, -0.1) is 11.8 Å². The minimum Gasteiger partial charge on any atom is -0.444 e. The predicted molar refractivity (Wildman–Crippen MR) is 91.8 cm³/mol. The number of benzene rings is 1. The largest absolute Gasteiger partial charge is 0.444 e. The number of hydrogen-bond donors (Lipinski definition) is 1. The summed E-state index contributed by atoms with van der Waals surface area (Å²) in [6.07, 6.45) is 2.69. The number of hydrogen-bond acceptors (Lipinski definition) is 5. The Kier molecular flexibility index (Phi) is 5.35. The summed E-state index contributed by atoms with van der Waals surface area (Å²) in [5.74, 6) is 2.43. The van der Waals surface area contributed by atoms with Crippen molar-refractivity contribution in [3.63, 3.8) is 0 Å². The van der Waals surface area contributed by atoms with Crippen molar-refractivity contribution in [2.75, 3.05) is 25.4 Å². The van der Waals surface area contributed by atoms with Gasteiger partial charge in [0.15, 0.2) is 0 Å². The Hall–Kier alpha value is -1.79. The van der Waals surface area contributed by atoms with Crippen LogP contribution in [0.2, 0.25) is 0 Å². The van der Waals surface area contributed by atoms with Crippen LogP contribution in [0, 0.1) is 5.92 Å². The fourth-order valence-electron chi connectivity index (χ4n) is 2.67. The van der Waals surface area contributed by atoms with Crippen LogP contribution < -0.4 is 5.73 Å². The summed E-state index contributed by atoms with van der Waals surface area (Å²) in [7, 11) is 0. The Balaban J connectivity index is 1.46. The zero-order valence-electron chi connectivity index (χ0n) is 13.0. The number of carbonyl (C=O) groups is 1. The zero-order chi connectivity index (χ0) is 16.1. The molecule has 0 spiro atoms. The maximum atomic E-state index is 12.1. The van der Waals surface area contributed by atoms with Gasteiger partial charge in [0.1, 0.15) is 6.26 Å². The Morgan fingerprint density at radius 1 is 1.39 bits per heavy atom. The molecule has 1 amide bonds. The van der Waals surface area contributed by atoms with E-state index in [2.05, 4.69) is 4.98 Å². The molecule has 0 bridgehead atoms. The molecule has 2 aromatic rings. The standard InChI is InChI=1S/C17H21N3O2S/c18-8-13-6-7-20(9-13)16(21)12-23-11-15-10-22-17(19-15)14-4-2-1-3-5-14/h1-5,10,13H,6-9,11-12,18H2. The molecule has 1 aliphatic heterocycles. The van der Waals surface area contributed by atoms with Crippen LogP contribution in [0.1, 0.15) is 12.1 Å². The van der Waals surface area contributed by atoms with Crippen molar-refractivity contribution in [2.24, 2.45) is 11.7 Å². The lowest BCUT2D eigenvalue weighted by Gasteiger charge is -2.15. The van der Waals surface area contributed by atoms with Gasteiger partial charge in [-0.1, -0.05) is 18.2 Å². The number of aromatic nitrogens is 1. The van der Waals surface area contributed by atoms with Gasteiger partial charge >= 0.3 is 0 Å². The third kappa shape index (κ3) is 4.14. The van der Waals surface area contributed by atoms with Crippen LogP contribution >= 0.6 is 11.8 Å². The van der Waals surface area contributed by atoms with Crippen LogP contribution in [0.5, 0.6) is 0 Å². The maximum absolute atomic E-state index is 12.1. The number of oxazole rings is 1. The molecule has 6 heteroatoms. The molecule has 1 aliphatic rings. The van der Waals surface area contributed by atoms with Gasteiger partial charge in [0.25, 0.3) is 0 Å². The first-order chi connectivity index (χ1) is 11.3. The molecule has 0 saturated carbocycles. The van der Waals surface area contributed by atoms with Crippen LogP contribution in [0.15, 0.2) is 41.0 Å². The van der Waals surface area contributed by atoms with Crippen LogP contribution in [-0.2, 0) is 10.5 Å². The third-order valence-electron chi connectivity index (χ3n) is 4.02. The molecular formula is C17H21N3O2S. The van der Waals surface area contributed by atoms with Gasteiger partial charge in [-0.3, -0.25) is 4.79 Å². The van der Waals surface area contributed by atoms with Crippen molar-refractivity contribution >= 4 is 17.7 Å². The first-order valence-electron chi connectivity index (χ1n) is 7.81. The summed E-state index contributed by atoms with van der Waals surface area (Å²) >= 11 is 1.57. The summed E-state index contributed by atoms with van der Waals surface area (Å²) in [6.45, 7) is 2.31. The van der Waals surface area contributed by atoms with Crippen molar-refractivity contribution in [2.45, 2.75) is 12.2 Å². The van der Waals surface area contributed by atoms with Gasteiger partial charge in [-0.2, -0.15) is 0 Å². The summed E-state index contributed by atoms with van der Waals surface area (Å²) < 4.78 is 5.50. The highest BCUT2D eigenvalue weighted by Gasteiger charge is 2.24. The molecule has 122 valence electrons. The molecule has 1 fully saturated rings. The minimum absolute atomic E-state index is 0.192. The quantitative estimate of drug-likeness (QED) is 0.880. The molecule has 1 atom stereocenters. The molecule has 1 saturated heterocycles. The monoisotopic (exact) mass is 331 g/mol. The lowest BCUT2D eigenvalue weighted by molar-refractivity contribution is -0.127. The molecule has 0 radical (unpaired) electrons. The number of nitrogens with zero attached hydrogens (tertiary/aromatic N) is 2. The average Bonchev–Trinajstić information content (AvgIpc) is 3.25. The third-order valence-corrected chi connectivity index (χ3v) is 4.97. The highest BCUT2D eigenvalue weighted by Crippen LogP contribution is 2.21. The van der Waals surface area contributed by atoms with E-state index in [1.165, 1.54) is 0 Å². The van der Waals surface area contributed by atoms with Gasteiger partial charge in [0.05, 0.1) is 11.4 Å². The number of carbonyl (C=O) groups excluding carboxylic acids is 1. The number of thioether (sulfide) groups is 1. The Morgan fingerprint density at radius 2 is 2.22 bits per heavy atom. The normalized spacial score (nSPS) is 17.6. The van der Waals surface area contributed by atoms with Crippen LogP contribution in [0.3, 0.4) is 0 Å². The maximum Gasteiger partial charge on any atom is 0.232 e. The van der Waals surface area contributed by atoms with Gasteiger partial charge in [-0.05, 0) is 31.0 Å². The fraction of sp³-hybridized carbons (Fsp3) is 0.412. The Labute approximate surface area is 140 Å². The van der Waals surface area contributed by atoms with E-state index >= 15 is 0 Å². The Morgan fingerprint density at radius 3 is 2.96 bits per heavy atom. The molecule has 1 aromatic carbocycles. The second-order valence-electron chi connectivity index (χ2n) is 5.73. The summed E-state index contributed by atoms with van der Waals surface area (Å²) in [5.41, 5.74) is 7.49. The van der Waals surface area contributed by atoms with E-state index in [1.807, 2.05) is 35.2 Å². The summed E-state index contributed by atoms with van der Waals surface area (Å²) in [6, 6.07) is 9.80. The highest BCUT2D eigenvalue weighted by atomic mass is 32.2. The smallest absolute Gasteiger partial charge is 0.232 e. The van der Waals surface area contributed by atoms with Gasteiger partial charge in [0.2, 0.25) is 11.8 Å². The lowest BCUT2D eigenvalue weighted by Crippen LogP contribution is -2.31. The predicted octanol–water partition coefficient (Wildman–Crippen LogP) is 2.38. The number of nitrogens with two attached hydrogens (primary N) is 1. The molecule has 5 nitrogen and oxygen atoms in total. The first-order valence-corrected chi connectivity index (χ1v) is 8.97. The molecule has 23 heavy (non-hydrogen) atoms. The van der Waals surface area contributed by atoms with E-state index in [0.717, 1.165) is 30.8 Å². The average molecular weight is 331 g/mol. The van der Waals surface area contributed by atoms with Gasteiger partial charge in [0, 0.05) is 24.4 Å². The van der Waals surface area contributed by atoms with E-state index < -0.39 is 0 Å². The Bertz CT molecular complexity index is 644. The molecular weight excluding hydrogens is 310 g/mol. The van der Waals surface area contributed by atoms with Gasteiger partial charge in [-0.25, -0.2) is 4.98 Å². The summed E-state index contributed by atoms with van der Waals surface area (Å²) in [5, 5.41) is 0. The molecule has 0 aliphatic carbocycles. The van der Waals surface area contributed by atoms with E-state index in [4.69, 9.17) is 10.2 Å². The topological polar surface area (TPSA) is 72.4 Å². The number of likely N-dealkylation sites (tertiary alicyclic amines) is 1. The number of amides is 1. The van der Waals surface area contributed by atoms with E-state index in [1.54, 1.807) is 18.0 Å². The molecule has 2 heterocycles.